The molecular formula is C15H10ClN5. The van der Waals surface area contributed by atoms with Gasteiger partial charge in [-0.25, -0.2) is 4.52 Å². The van der Waals surface area contributed by atoms with Gasteiger partial charge >= 0.3 is 0 Å². The number of rotatable bonds is 2. The zero-order valence-electron chi connectivity index (χ0n) is 10.9. The van der Waals surface area contributed by atoms with Gasteiger partial charge in [0.25, 0.3) is 0 Å². The Bertz CT molecular complexity index is 947. The number of fused-ring (bicyclic) bond motifs is 2. The third kappa shape index (κ3) is 2.28. The van der Waals surface area contributed by atoms with Gasteiger partial charge < -0.3 is 5.32 Å². The minimum Gasteiger partial charge on any atom is -0.323 e. The van der Waals surface area contributed by atoms with Gasteiger partial charge in [0.1, 0.15) is 0 Å². The Kier molecular flexibility index (Phi) is 2.72. The van der Waals surface area contributed by atoms with Crippen LogP contribution >= 0.6 is 11.6 Å². The summed E-state index contributed by atoms with van der Waals surface area (Å²) >= 11 is 5.95. The number of benzene rings is 1. The summed E-state index contributed by atoms with van der Waals surface area (Å²) in [6.07, 6.45) is 3.56. The average Bonchev–Trinajstić information content (AvgIpc) is 2.88. The van der Waals surface area contributed by atoms with Crippen LogP contribution in [0.4, 0.5) is 11.6 Å². The van der Waals surface area contributed by atoms with Gasteiger partial charge in [0, 0.05) is 34.6 Å². The summed E-state index contributed by atoms with van der Waals surface area (Å²) in [5.41, 5.74) is 2.57. The molecule has 0 aliphatic rings. The molecule has 0 radical (unpaired) electrons. The predicted molar refractivity (Wildman–Crippen MR) is 83.0 cm³/mol. The van der Waals surface area contributed by atoms with Crippen molar-refractivity contribution >= 4 is 39.8 Å². The van der Waals surface area contributed by atoms with Crippen LogP contribution in [-0.2, 0) is 0 Å². The van der Waals surface area contributed by atoms with Crippen molar-refractivity contribution in [3.63, 3.8) is 0 Å². The fourth-order valence-electron chi connectivity index (χ4n) is 2.19. The monoisotopic (exact) mass is 295 g/mol. The van der Waals surface area contributed by atoms with Gasteiger partial charge in [-0.15, -0.1) is 5.10 Å². The molecule has 102 valence electrons. The lowest BCUT2D eigenvalue weighted by Gasteiger charge is -2.03. The van der Waals surface area contributed by atoms with Crippen molar-refractivity contribution in [2.24, 2.45) is 0 Å². The number of nitrogens with one attached hydrogen (secondary N) is 1. The highest BCUT2D eigenvalue weighted by Crippen LogP contribution is 2.20. The highest BCUT2D eigenvalue weighted by atomic mass is 35.5. The van der Waals surface area contributed by atoms with Crippen LogP contribution in [0.25, 0.3) is 16.6 Å². The minimum absolute atomic E-state index is 0.528. The molecule has 5 nitrogen and oxygen atoms in total. The Morgan fingerprint density at radius 3 is 3.00 bits per heavy atom. The molecule has 0 saturated carbocycles. The number of pyridine rings is 2. The Balaban J connectivity index is 1.71. The maximum Gasteiger partial charge on any atom is 0.247 e. The molecule has 0 spiro atoms. The third-order valence-corrected chi connectivity index (χ3v) is 3.39. The number of nitrogens with zero attached hydrogens (tertiary/aromatic N) is 4. The highest BCUT2D eigenvalue weighted by molar-refractivity contribution is 6.30. The van der Waals surface area contributed by atoms with E-state index in [9.17, 15) is 0 Å². The molecule has 0 bridgehead atoms. The zero-order valence-corrected chi connectivity index (χ0v) is 11.6. The van der Waals surface area contributed by atoms with Crippen molar-refractivity contribution < 1.29 is 0 Å². The molecule has 3 aromatic heterocycles. The van der Waals surface area contributed by atoms with Gasteiger partial charge in [0.15, 0.2) is 5.65 Å². The molecule has 0 aliphatic heterocycles. The summed E-state index contributed by atoms with van der Waals surface area (Å²) in [6.45, 7) is 0. The molecule has 1 aromatic carbocycles. The summed E-state index contributed by atoms with van der Waals surface area (Å²) in [4.78, 5) is 8.69. The summed E-state index contributed by atoms with van der Waals surface area (Å²) in [7, 11) is 0. The Hall–Kier alpha value is -2.66. The molecule has 3 heterocycles. The van der Waals surface area contributed by atoms with E-state index in [0.717, 1.165) is 16.6 Å². The maximum absolute atomic E-state index is 5.95. The summed E-state index contributed by atoms with van der Waals surface area (Å²) in [5.74, 6) is 0.528. The molecule has 0 amide bonds. The summed E-state index contributed by atoms with van der Waals surface area (Å²) in [6, 6.07) is 13.4. The SMILES string of the molecule is Clc1ccn2nc(Nc3ccc4ncccc4c3)nc2c1. The standard InChI is InChI=1S/C15H10ClN5/c16-11-5-7-21-14(9-11)19-15(20-21)18-12-3-4-13-10(8-12)2-1-6-17-13/h1-9H,(H,18,20). The van der Waals surface area contributed by atoms with E-state index in [1.54, 1.807) is 29.0 Å². The van der Waals surface area contributed by atoms with Gasteiger partial charge in [0.2, 0.25) is 5.95 Å². The van der Waals surface area contributed by atoms with Crippen LogP contribution in [0.1, 0.15) is 0 Å². The van der Waals surface area contributed by atoms with Crippen molar-refractivity contribution in [2.45, 2.75) is 0 Å². The van der Waals surface area contributed by atoms with E-state index in [-0.39, 0.29) is 0 Å². The van der Waals surface area contributed by atoms with Crippen molar-refractivity contribution in [1.29, 1.82) is 0 Å². The first-order chi connectivity index (χ1) is 10.3. The molecule has 0 atom stereocenters. The fourth-order valence-corrected chi connectivity index (χ4v) is 2.35. The molecule has 4 aromatic rings. The lowest BCUT2D eigenvalue weighted by atomic mass is 10.2. The van der Waals surface area contributed by atoms with Crippen LogP contribution in [-0.4, -0.2) is 19.6 Å². The molecule has 6 heteroatoms. The second-order valence-electron chi connectivity index (χ2n) is 4.62. The van der Waals surface area contributed by atoms with Crippen molar-refractivity contribution in [3.8, 4) is 0 Å². The van der Waals surface area contributed by atoms with E-state index in [2.05, 4.69) is 20.4 Å². The molecule has 4 rings (SSSR count). The van der Waals surface area contributed by atoms with E-state index in [0.29, 0.717) is 16.6 Å². The molecular weight excluding hydrogens is 286 g/mol. The maximum atomic E-state index is 5.95. The summed E-state index contributed by atoms with van der Waals surface area (Å²) in [5, 5.41) is 9.24. The summed E-state index contributed by atoms with van der Waals surface area (Å²) < 4.78 is 1.68. The normalized spacial score (nSPS) is 11.1. The van der Waals surface area contributed by atoms with Gasteiger partial charge in [-0.05, 0) is 30.3 Å². The van der Waals surface area contributed by atoms with E-state index < -0.39 is 0 Å². The topological polar surface area (TPSA) is 55.1 Å². The van der Waals surface area contributed by atoms with Gasteiger partial charge in [0.05, 0.1) is 5.52 Å². The van der Waals surface area contributed by atoms with Crippen LogP contribution in [0, 0.1) is 0 Å². The van der Waals surface area contributed by atoms with Crippen LogP contribution in [0.2, 0.25) is 5.02 Å². The third-order valence-electron chi connectivity index (χ3n) is 3.16. The molecule has 0 fully saturated rings. The Morgan fingerprint density at radius 2 is 2.05 bits per heavy atom. The minimum atomic E-state index is 0.528. The second-order valence-corrected chi connectivity index (χ2v) is 5.06. The van der Waals surface area contributed by atoms with Crippen LogP contribution in [0.3, 0.4) is 0 Å². The van der Waals surface area contributed by atoms with Crippen molar-refractivity contribution in [1.82, 2.24) is 19.6 Å². The lowest BCUT2D eigenvalue weighted by Crippen LogP contribution is -1.93. The molecule has 0 aliphatic carbocycles. The number of anilines is 2. The Morgan fingerprint density at radius 1 is 1.10 bits per heavy atom. The van der Waals surface area contributed by atoms with Crippen molar-refractivity contribution in [3.05, 3.63) is 59.9 Å². The first-order valence-corrected chi connectivity index (χ1v) is 6.79. The lowest BCUT2D eigenvalue weighted by molar-refractivity contribution is 0.965. The molecule has 0 saturated heterocycles. The van der Waals surface area contributed by atoms with Crippen molar-refractivity contribution in [2.75, 3.05) is 5.32 Å². The smallest absolute Gasteiger partial charge is 0.247 e. The van der Waals surface area contributed by atoms with E-state index >= 15 is 0 Å². The van der Waals surface area contributed by atoms with Gasteiger partial charge in [-0.2, -0.15) is 4.98 Å². The average molecular weight is 296 g/mol. The quantitative estimate of drug-likeness (QED) is 0.613. The fraction of sp³-hybridized carbons (Fsp3) is 0. The highest BCUT2D eigenvalue weighted by Gasteiger charge is 2.05. The number of aromatic nitrogens is 4. The molecule has 0 unspecified atom stereocenters. The number of hydrogen-bond donors (Lipinski definition) is 1. The first-order valence-electron chi connectivity index (χ1n) is 6.42. The largest absolute Gasteiger partial charge is 0.323 e. The molecule has 1 N–H and O–H groups in total. The van der Waals surface area contributed by atoms with Crippen LogP contribution in [0.5, 0.6) is 0 Å². The molecule has 21 heavy (non-hydrogen) atoms. The van der Waals surface area contributed by atoms with E-state index in [4.69, 9.17) is 11.6 Å². The number of hydrogen-bond acceptors (Lipinski definition) is 4. The van der Waals surface area contributed by atoms with Crippen LogP contribution < -0.4 is 5.32 Å². The van der Waals surface area contributed by atoms with E-state index in [1.807, 2.05) is 30.3 Å². The van der Waals surface area contributed by atoms with Crippen LogP contribution in [0.15, 0.2) is 54.9 Å². The predicted octanol–water partition coefficient (Wildman–Crippen LogP) is 3.67. The zero-order chi connectivity index (χ0) is 14.2. The Labute approximate surface area is 125 Å². The number of halogens is 1. The first kappa shape index (κ1) is 12.1. The van der Waals surface area contributed by atoms with Gasteiger partial charge in [-0.3, -0.25) is 4.98 Å². The second kappa shape index (κ2) is 4.71. The van der Waals surface area contributed by atoms with E-state index in [1.165, 1.54) is 0 Å². The van der Waals surface area contributed by atoms with Gasteiger partial charge in [-0.1, -0.05) is 17.7 Å².